The predicted octanol–water partition coefficient (Wildman–Crippen LogP) is 0.662. The fraction of sp³-hybridized carbons (Fsp3) is 0.167. The summed E-state index contributed by atoms with van der Waals surface area (Å²) in [7, 11) is 0. The Morgan fingerprint density at radius 3 is 2.81 bits per heavy atom. The minimum absolute atomic E-state index is 0.0264. The van der Waals surface area contributed by atoms with Crippen LogP contribution in [0.15, 0.2) is 41.4 Å². The predicted molar refractivity (Wildman–Crippen MR) is 61.4 cm³/mol. The number of amides is 1. The van der Waals surface area contributed by atoms with E-state index in [1.54, 1.807) is 0 Å². The van der Waals surface area contributed by atoms with Crippen LogP contribution in [0.4, 0.5) is 0 Å². The Labute approximate surface area is 93.1 Å². The normalized spacial score (nSPS) is 24.9. The number of amidine groups is 1. The van der Waals surface area contributed by atoms with Crippen LogP contribution in [0.25, 0.3) is 0 Å². The number of rotatable bonds is 1. The van der Waals surface area contributed by atoms with Gasteiger partial charge in [0.1, 0.15) is 12.0 Å². The summed E-state index contributed by atoms with van der Waals surface area (Å²) >= 11 is 0. The van der Waals surface area contributed by atoms with E-state index in [1.165, 1.54) is 0 Å². The van der Waals surface area contributed by atoms with E-state index in [0.717, 1.165) is 12.1 Å². The van der Waals surface area contributed by atoms with Crippen molar-refractivity contribution in [2.45, 2.75) is 6.17 Å². The number of carbonyl (C=O) groups excluding carboxylic acids is 1. The Balaban J connectivity index is 1.99. The van der Waals surface area contributed by atoms with Crippen molar-refractivity contribution < 1.29 is 4.79 Å². The van der Waals surface area contributed by atoms with Crippen LogP contribution in [0.2, 0.25) is 0 Å². The zero-order valence-electron chi connectivity index (χ0n) is 8.60. The first-order chi connectivity index (χ1) is 7.84. The molecule has 0 aliphatic carbocycles. The zero-order valence-corrected chi connectivity index (χ0v) is 8.60. The Morgan fingerprint density at radius 2 is 2.06 bits per heavy atom. The van der Waals surface area contributed by atoms with Crippen molar-refractivity contribution in [1.82, 2.24) is 10.6 Å². The quantitative estimate of drug-likeness (QED) is 0.673. The second-order valence-corrected chi connectivity index (χ2v) is 3.76. The third kappa shape index (κ3) is 1.44. The fourth-order valence-corrected chi connectivity index (χ4v) is 1.91. The number of aliphatic imine (C=N–C) groups is 1. The highest BCUT2D eigenvalue weighted by atomic mass is 16.2. The van der Waals surface area contributed by atoms with Crippen LogP contribution in [-0.4, -0.2) is 24.5 Å². The molecular formula is C12H11N3O. The highest BCUT2D eigenvalue weighted by Gasteiger charge is 2.24. The van der Waals surface area contributed by atoms with Crippen LogP contribution in [0.1, 0.15) is 15.9 Å². The summed E-state index contributed by atoms with van der Waals surface area (Å²) in [4.78, 5) is 16.1. The fourth-order valence-electron chi connectivity index (χ4n) is 1.91. The molecule has 0 saturated heterocycles. The molecule has 1 aromatic rings. The summed E-state index contributed by atoms with van der Waals surface area (Å²) < 4.78 is 0. The molecule has 4 heteroatoms. The molecule has 1 aromatic carbocycles. The Hall–Kier alpha value is -1.94. The van der Waals surface area contributed by atoms with Crippen LogP contribution < -0.4 is 10.6 Å². The lowest BCUT2D eigenvalue weighted by Gasteiger charge is -2.05. The van der Waals surface area contributed by atoms with Crippen LogP contribution in [0.3, 0.4) is 0 Å². The molecule has 4 nitrogen and oxygen atoms in total. The van der Waals surface area contributed by atoms with E-state index in [9.17, 15) is 4.79 Å². The van der Waals surface area contributed by atoms with E-state index >= 15 is 0 Å². The van der Waals surface area contributed by atoms with Gasteiger partial charge < -0.3 is 5.32 Å². The molecule has 1 atom stereocenters. The van der Waals surface area contributed by atoms with E-state index < -0.39 is 0 Å². The maximum absolute atomic E-state index is 11.6. The van der Waals surface area contributed by atoms with Gasteiger partial charge in [0.25, 0.3) is 5.91 Å². The highest BCUT2D eigenvalue weighted by Crippen LogP contribution is 2.16. The van der Waals surface area contributed by atoms with E-state index in [1.807, 2.05) is 36.4 Å². The third-order valence-electron chi connectivity index (χ3n) is 2.69. The molecule has 2 heterocycles. The molecule has 2 aliphatic rings. The van der Waals surface area contributed by atoms with E-state index in [-0.39, 0.29) is 12.1 Å². The van der Waals surface area contributed by atoms with Crippen molar-refractivity contribution in [2.24, 2.45) is 4.99 Å². The van der Waals surface area contributed by atoms with Crippen LogP contribution in [-0.2, 0) is 0 Å². The molecule has 16 heavy (non-hydrogen) atoms. The maximum Gasteiger partial charge on any atom is 0.257 e. The van der Waals surface area contributed by atoms with Crippen LogP contribution >= 0.6 is 0 Å². The summed E-state index contributed by atoms with van der Waals surface area (Å²) in [6.07, 6.45) is 3.98. The van der Waals surface area contributed by atoms with Gasteiger partial charge in [-0.3, -0.25) is 10.1 Å². The first-order valence-corrected chi connectivity index (χ1v) is 5.23. The molecule has 0 aromatic heterocycles. The van der Waals surface area contributed by atoms with Gasteiger partial charge in [0.15, 0.2) is 0 Å². The number of benzene rings is 1. The van der Waals surface area contributed by atoms with Gasteiger partial charge in [-0.15, -0.1) is 0 Å². The minimum atomic E-state index is -0.0728. The molecule has 3 rings (SSSR count). The number of nitrogens with zero attached hydrogens (tertiary/aromatic N) is 1. The summed E-state index contributed by atoms with van der Waals surface area (Å²) in [5.74, 6) is 0.584. The first-order valence-electron chi connectivity index (χ1n) is 5.23. The molecule has 2 N–H and O–H groups in total. The Morgan fingerprint density at radius 1 is 1.25 bits per heavy atom. The SMILES string of the molecule is O=C1NC(=NC2C=CCN2)c2ccccc21. The van der Waals surface area contributed by atoms with Crippen LogP contribution in [0.5, 0.6) is 0 Å². The van der Waals surface area contributed by atoms with Gasteiger partial charge in [-0.25, -0.2) is 4.99 Å². The van der Waals surface area contributed by atoms with Gasteiger partial charge in [0.05, 0.1) is 5.56 Å². The smallest absolute Gasteiger partial charge is 0.257 e. The lowest BCUT2D eigenvalue weighted by Crippen LogP contribution is -2.27. The zero-order chi connectivity index (χ0) is 11.0. The lowest BCUT2D eigenvalue weighted by molar-refractivity contribution is 0.0983. The van der Waals surface area contributed by atoms with Gasteiger partial charge in [-0.05, 0) is 12.1 Å². The van der Waals surface area contributed by atoms with E-state index in [0.29, 0.717) is 11.4 Å². The van der Waals surface area contributed by atoms with Crippen molar-refractivity contribution in [3.63, 3.8) is 0 Å². The second-order valence-electron chi connectivity index (χ2n) is 3.76. The summed E-state index contributed by atoms with van der Waals surface area (Å²) in [5.41, 5.74) is 1.58. The number of fused-ring (bicyclic) bond motifs is 1. The molecule has 0 bridgehead atoms. The molecule has 2 aliphatic heterocycles. The van der Waals surface area contributed by atoms with Crippen molar-refractivity contribution in [2.75, 3.05) is 6.54 Å². The van der Waals surface area contributed by atoms with Gasteiger partial charge in [-0.2, -0.15) is 0 Å². The lowest BCUT2D eigenvalue weighted by atomic mass is 10.1. The second kappa shape index (κ2) is 3.57. The third-order valence-corrected chi connectivity index (χ3v) is 2.69. The summed E-state index contributed by atoms with van der Waals surface area (Å²) in [6, 6.07) is 7.48. The van der Waals surface area contributed by atoms with Gasteiger partial charge in [-0.1, -0.05) is 24.3 Å². The van der Waals surface area contributed by atoms with E-state index in [4.69, 9.17) is 0 Å². The number of hydrogen-bond acceptors (Lipinski definition) is 3. The standard InChI is InChI=1S/C12H11N3O/c16-12-9-5-2-1-4-8(9)11(15-12)14-10-6-3-7-13-10/h1-6,10,13H,7H2,(H,14,15,16). The Bertz CT molecular complexity index is 505. The van der Waals surface area contributed by atoms with Crippen LogP contribution in [0, 0.1) is 0 Å². The molecule has 1 unspecified atom stereocenters. The largest absolute Gasteiger partial charge is 0.306 e. The topological polar surface area (TPSA) is 53.5 Å². The van der Waals surface area contributed by atoms with Crippen molar-refractivity contribution >= 4 is 11.7 Å². The molecule has 1 amide bonds. The number of hydrogen-bond donors (Lipinski definition) is 2. The van der Waals surface area contributed by atoms with Crippen molar-refractivity contribution in [3.8, 4) is 0 Å². The molecule has 0 radical (unpaired) electrons. The average Bonchev–Trinajstić information content (AvgIpc) is 2.90. The number of carbonyl (C=O) groups is 1. The van der Waals surface area contributed by atoms with Gasteiger partial charge >= 0.3 is 0 Å². The highest BCUT2D eigenvalue weighted by molar-refractivity contribution is 6.23. The van der Waals surface area contributed by atoms with Gasteiger partial charge in [0, 0.05) is 12.1 Å². The maximum atomic E-state index is 11.6. The Kier molecular flexibility index (Phi) is 2.08. The molecule has 0 fully saturated rings. The summed E-state index contributed by atoms with van der Waals surface area (Å²) in [5, 5.41) is 5.96. The molecule has 0 spiro atoms. The van der Waals surface area contributed by atoms with Gasteiger partial charge in [0.2, 0.25) is 0 Å². The van der Waals surface area contributed by atoms with Crippen molar-refractivity contribution in [1.29, 1.82) is 0 Å². The monoisotopic (exact) mass is 213 g/mol. The molecule has 0 saturated carbocycles. The first kappa shape index (κ1) is 9.30. The van der Waals surface area contributed by atoms with Crippen molar-refractivity contribution in [3.05, 3.63) is 47.5 Å². The summed E-state index contributed by atoms with van der Waals surface area (Å²) in [6.45, 7) is 0.830. The average molecular weight is 213 g/mol. The number of nitrogens with one attached hydrogen (secondary N) is 2. The minimum Gasteiger partial charge on any atom is -0.306 e. The van der Waals surface area contributed by atoms with E-state index in [2.05, 4.69) is 15.6 Å². The molecular weight excluding hydrogens is 202 g/mol. The molecule has 80 valence electrons.